The van der Waals surface area contributed by atoms with Gasteiger partial charge in [-0.25, -0.2) is 0 Å². The van der Waals surface area contributed by atoms with Crippen molar-refractivity contribution in [3.8, 4) is 0 Å². The summed E-state index contributed by atoms with van der Waals surface area (Å²) >= 11 is 0. The highest BCUT2D eigenvalue weighted by Crippen LogP contribution is 2.43. The van der Waals surface area contributed by atoms with Gasteiger partial charge in [-0.3, -0.25) is 0 Å². The van der Waals surface area contributed by atoms with Crippen LogP contribution in [0.4, 0.5) is 8.78 Å². The molecule has 0 aromatic heterocycles. The molecule has 0 aliphatic carbocycles. The Hall–Kier alpha value is -1.22. The van der Waals surface area contributed by atoms with Crippen molar-refractivity contribution in [2.24, 2.45) is 0 Å². The first-order valence-electron chi connectivity index (χ1n) is 4.42. The number of rotatable bonds is 2. The second-order valence-electron chi connectivity index (χ2n) is 3.33. The van der Waals surface area contributed by atoms with E-state index in [4.69, 9.17) is 4.74 Å². The Labute approximate surface area is 81.0 Å². The van der Waals surface area contributed by atoms with Crippen LogP contribution in [-0.4, -0.2) is 6.10 Å². The van der Waals surface area contributed by atoms with E-state index < -0.39 is 12.2 Å². The highest BCUT2D eigenvalue weighted by Gasteiger charge is 2.42. The second-order valence-corrected chi connectivity index (χ2v) is 3.33. The summed E-state index contributed by atoms with van der Waals surface area (Å²) in [5, 5.41) is 0. The van der Waals surface area contributed by atoms with Gasteiger partial charge in [0.2, 0.25) is 0 Å². The first-order chi connectivity index (χ1) is 6.70. The summed E-state index contributed by atoms with van der Waals surface area (Å²) < 4.78 is 29.6. The number of benzene rings is 1. The first kappa shape index (κ1) is 9.34. The zero-order chi connectivity index (χ0) is 10.1. The molecular weight excluding hydrogens is 186 g/mol. The molecular formula is C11H10F2O. The topological polar surface area (TPSA) is 12.5 Å². The SMILES string of the molecule is CC(=C(F)F)[C@H]1O[C@@H]1c1ccccc1. The van der Waals surface area contributed by atoms with E-state index >= 15 is 0 Å². The number of halogens is 2. The van der Waals surface area contributed by atoms with Crippen LogP contribution in [0.2, 0.25) is 0 Å². The summed E-state index contributed by atoms with van der Waals surface area (Å²) in [7, 11) is 0. The monoisotopic (exact) mass is 196 g/mol. The highest BCUT2D eigenvalue weighted by molar-refractivity contribution is 5.28. The van der Waals surface area contributed by atoms with E-state index in [0.29, 0.717) is 0 Å². The standard InChI is InChI=1S/C11H10F2O/c1-7(11(12)13)9-10(14-9)8-5-3-2-4-6-8/h2-6,9-10H,1H3/t9-,10-/m1/s1. The van der Waals surface area contributed by atoms with Crippen LogP contribution in [-0.2, 0) is 4.74 Å². The minimum absolute atomic E-state index is 0.0406. The quantitative estimate of drug-likeness (QED) is 0.661. The van der Waals surface area contributed by atoms with Gasteiger partial charge in [0, 0.05) is 5.57 Å². The molecule has 1 aliphatic heterocycles. The lowest BCUT2D eigenvalue weighted by Crippen LogP contribution is -1.91. The third kappa shape index (κ3) is 1.68. The molecule has 74 valence electrons. The van der Waals surface area contributed by atoms with Gasteiger partial charge in [0.1, 0.15) is 12.2 Å². The van der Waals surface area contributed by atoms with E-state index in [1.54, 1.807) is 0 Å². The van der Waals surface area contributed by atoms with Gasteiger partial charge >= 0.3 is 0 Å². The van der Waals surface area contributed by atoms with E-state index in [0.717, 1.165) is 5.56 Å². The maximum atomic E-state index is 12.2. The minimum atomic E-state index is -1.63. The van der Waals surface area contributed by atoms with Gasteiger partial charge in [-0.2, -0.15) is 8.78 Å². The summed E-state index contributed by atoms with van der Waals surface area (Å²) in [6.45, 7) is 1.41. The van der Waals surface area contributed by atoms with Gasteiger partial charge in [-0.15, -0.1) is 0 Å². The molecule has 0 saturated carbocycles. The lowest BCUT2D eigenvalue weighted by Gasteiger charge is -1.94. The summed E-state index contributed by atoms with van der Waals surface area (Å²) in [5.74, 6) is 0. The number of hydrogen-bond donors (Lipinski definition) is 0. The average Bonchev–Trinajstić information content (AvgIpc) is 2.97. The zero-order valence-electron chi connectivity index (χ0n) is 7.71. The fraction of sp³-hybridized carbons (Fsp3) is 0.273. The van der Waals surface area contributed by atoms with E-state index in [1.165, 1.54) is 6.92 Å². The fourth-order valence-corrected chi connectivity index (χ4v) is 1.45. The largest absolute Gasteiger partial charge is 0.360 e. The molecule has 2 rings (SSSR count). The van der Waals surface area contributed by atoms with Gasteiger partial charge in [0.15, 0.2) is 0 Å². The van der Waals surface area contributed by atoms with E-state index in [9.17, 15) is 8.78 Å². The second kappa shape index (κ2) is 3.50. The van der Waals surface area contributed by atoms with Crippen molar-refractivity contribution >= 4 is 0 Å². The number of epoxide rings is 1. The predicted molar refractivity (Wildman–Crippen MR) is 49.0 cm³/mol. The van der Waals surface area contributed by atoms with Crippen molar-refractivity contribution in [3.05, 3.63) is 47.5 Å². The Morgan fingerprint density at radius 1 is 1.21 bits per heavy atom. The van der Waals surface area contributed by atoms with Crippen LogP contribution in [0.25, 0.3) is 0 Å². The minimum Gasteiger partial charge on any atom is -0.360 e. The Morgan fingerprint density at radius 2 is 1.86 bits per heavy atom. The fourth-order valence-electron chi connectivity index (χ4n) is 1.45. The van der Waals surface area contributed by atoms with E-state index in [-0.39, 0.29) is 11.7 Å². The molecule has 0 amide bonds. The molecule has 1 heterocycles. The molecule has 1 nitrogen and oxygen atoms in total. The van der Waals surface area contributed by atoms with Gasteiger partial charge < -0.3 is 4.74 Å². The maximum Gasteiger partial charge on any atom is 0.271 e. The normalized spacial score (nSPS) is 24.5. The Morgan fingerprint density at radius 3 is 2.43 bits per heavy atom. The molecule has 1 aromatic carbocycles. The van der Waals surface area contributed by atoms with Crippen molar-refractivity contribution < 1.29 is 13.5 Å². The zero-order valence-corrected chi connectivity index (χ0v) is 7.71. The van der Waals surface area contributed by atoms with Crippen molar-refractivity contribution in [1.29, 1.82) is 0 Å². The molecule has 0 radical (unpaired) electrons. The first-order valence-corrected chi connectivity index (χ1v) is 4.42. The third-order valence-electron chi connectivity index (χ3n) is 2.34. The van der Waals surface area contributed by atoms with E-state index in [1.807, 2.05) is 30.3 Å². The Balaban J connectivity index is 2.11. The van der Waals surface area contributed by atoms with Crippen molar-refractivity contribution in [1.82, 2.24) is 0 Å². The molecule has 1 aliphatic rings. The summed E-state index contributed by atoms with van der Waals surface area (Å²) in [4.78, 5) is 0. The van der Waals surface area contributed by atoms with Gasteiger partial charge in [0.25, 0.3) is 6.08 Å². The average molecular weight is 196 g/mol. The van der Waals surface area contributed by atoms with Crippen molar-refractivity contribution in [3.63, 3.8) is 0 Å². The maximum absolute atomic E-state index is 12.2. The van der Waals surface area contributed by atoms with Crippen LogP contribution >= 0.6 is 0 Å². The summed E-state index contributed by atoms with van der Waals surface area (Å²) in [6.07, 6.45) is -2.24. The van der Waals surface area contributed by atoms with Crippen LogP contribution in [0.3, 0.4) is 0 Å². The van der Waals surface area contributed by atoms with E-state index in [2.05, 4.69) is 0 Å². The molecule has 2 atom stereocenters. The molecule has 1 fully saturated rings. The lowest BCUT2D eigenvalue weighted by atomic mass is 10.1. The van der Waals surface area contributed by atoms with Crippen LogP contribution in [0.1, 0.15) is 18.6 Å². The summed E-state index contributed by atoms with van der Waals surface area (Å²) in [5.41, 5.74) is 0.997. The molecule has 0 N–H and O–H groups in total. The molecule has 1 aromatic rings. The van der Waals surface area contributed by atoms with Crippen LogP contribution in [0.5, 0.6) is 0 Å². The predicted octanol–water partition coefficient (Wildman–Crippen LogP) is 3.30. The molecule has 14 heavy (non-hydrogen) atoms. The van der Waals surface area contributed by atoms with Gasteiger partial charge in [-0.05, 0) is 12.5 Å². The number of ether oxygens (including phenoxy) is 1. The molecule has 1 saturated heterocycles. The third-order valence-corrected chi connectivity index (χ3v) is 2.34. The van der Waals surface area contributed by atoms with Gasteiger partial charge in [-0.1, -0.05) is 30.3 Å². The highest BCUT2D eigenvalue weighted by atomic mass is 19.3. The Bertz CT molecular complexity index is 355. The molecule has 0 spiro atoms. The number of hydrogen-bond acceptors (Lipinski definition) is 1. The smallest absolute Gasteiger partial charge is 0.271 e. The van der Waals surface area contributed by atoms with Crippen molar-refractivity contribution in [2.75, 3.05) is 0 Å². The molecule has 3 heteroatoms. The van der Waals surface area contributed by atoms with Crippen LogP contribution in [0.15, 0.2) is 42.0 Å². The van der Waals surface area contributed by atoms with Gasteiger partial charge in [0.05, 0.1) is 0 Å². The van der Waals surface area contributed by atoms with Crippen LogP contribution in [0, 0.1) is 0 Å². The van der Waals surface area contributed by atoms with Crippen molar-refractivity contribution in [2.45, 2.75) is 19.1 Å². The lowest BCUT2D eigenvalue weighted by molar-refractivity contribution is 0.367. The summed E-state index contributed by atoms with van der Waals surface area (Å²) in [6, 6.07) is 9.40. The Kier molecular flexibility index (Phi) is 2.33. The molecule has 0 bridgehead atoms. The van der Waals surface area contributed by atoms with Crippen LogP contribution < -0.4 is 0 Å². The molecule has 0 unspecified atom stereocenters.